The van der Waals surface area contributed by atoms with Gasteiger partial charge in [-0.25, -0.2) is 18.4 Å². The summed E-state index contributed by atoms with van der Waals surface area (Å²) in [7, 11) is -2.34. The highest BCUT2D eigenvalue weighted by Crippen LogP contribution is 2.33. The van der Waals surface area contributed by atoms with E-state index < -0.39 is 10.0 Å². The van der Waals surface area contributed by atoms with Crippen molar-refractivity contribution >= 4 is 54.1 Å². The zero-order valence-electron chi connectivity index (χ0n) is 21.2. The maximum Gasteiger partial charge on any atom is 0.263 e. The molecular weight excluding hydrogens is 540 g/mol. The summed E-state index contributed by atoms with van der Waals surface area (Å²) < 4.78 is 34.7. The average Bonchev–Trinajstić information content (AvgIpc) is 3.36. The number of methoxy groups -OCH3 is 1. The van der Waals surface area contributed by atoms with Crippen molar-refractivity contribution in [1.82, 2.24) is 19.8 Å². The lowest BCUT2D eigenvalue weighted by Crippen LogP contribution is -2.49. The van der Waals surface area contributed by atoms with Gasteiger partial charge in [0.1, 0.15) is 17.1 Å². The number of β-amino-alcohol motifs (C(OH)–C–C–N with tert-alkyl or cyclic N) is 1. The molecule has 13 heteroatoms. The van der Waals surface area contributed by atoms with Crippen molar-refractivity contribution in [3.05, 3.63) is 66.4 Å². The van der Waals surface area contributed by atoms with Crippen LogP contribution in [0, 0.1) is 0 Å². The highest BCUT2D eigenvalue weighted by Gasteiger charge is 2.24. The molecule has 1 aliphatic heterocycles. The molecular formula is C26H28N6O5S2. The largest absolute Gasteiger partial charge is 0.494 e. The van der Waals surface area contributed by atoms with Crippen molar-refractivity contribution in [1.29, 1.82) is 0 Å². The van der Waals surface area contributed by atoms with Gasteiger partial charge < -0.3 is 20.1 Å². The molecule has 2 aromatic heterocycles. The lowest BCUT2D eigenvalue weighted by Gasteiger charge is -2.34. The number of thiazole rings is 1. The number of nitrogens with one attached hydrogen (secondary N) is 2. The van der Waals surface area contributed by atoms with Crippen molar-refractivity contribution in [3.8, 4) is 5.75 Å². The summed E-state index contributed by atoms with van der Waals surface area (Å²) in [4.78, 5) is 25.9. The van der Waals surface area contributed by atoms with Crippen LogP contribution in [0.4, 0.5) is 16.6 Å². The number of aliphatic hydroxyl groups is 1. The number of nitrogens with zero attached hydrogens (tertiary/aromatic N) is 4. The van der Waals surface area contributed by atoms with Gasteiger partial charge in [0.05, 0.1) is 28.9 Å². The lowest BCUT2D eigenvalue weighted by molar-refractivity contribution is 0.0615. The van der Waals surface area contributed by atoms with Gasteiger partial charge in [0, 0.05) is 44.6 Å². The van der Waals surface area contributed by atoms with Crippen molar-refractivity contribution in [3.63, 3.8) is 0 Å². The van der Waals surface area contributed by atoms with E-state index >= 15 is 0 Å². The van der Waals surface area contributed by atoms with Crippen molar-refractivity contribution in [2.24, 2.45) is 0 Å². The van der Waals surface area contributed by atoms with E-state index in [1.165, 1.54) is 23.5 Å². The summed E-state index contributed by atoms with van der Waals surface area (Å²) in [5.41, 5.74) is 1.60. The number of piperazine rings is 1. The van der Waals surface area contributed by atoms with Crippen LogP contribution in [-0.2, 0) is 10.0 Å². The number of benzene rings is 2. The first kappa shape index (κ1) is 26.8. The summed E-state index contributed by atoms with van der Waals surface area (Å²) in [6, 6.07) is 15.1. The molecule has 204 valence electrons. The van der Waals surface area contributed by atoms with Crippen LogP contribution in [0.25, 0.3) is 10.2 Å². The molecule has 1 fully saturated rings. The van der Waals surface area contributed by atoms with Crippen LogP contribution < -0.4 is 14.8 Å². The fourth-order valence-corrected chi connectivity index (χ4v) is 6.44. The predicted octanol–water partition coefficient (Wildman–Crippen LogP) is 2.99. The fourth-order valence-electron chi connectivity index (χ4n) is 4.32. The number of sulfonamides is 1. The Hall–Kier alpha value is -3.78. The summed E-state index contributed by atoms with van der Waals surface area (Å²) in [5, 5.41) is 12.5. The molecule has 39 heavy (non-hydrogen) atoms. The third kappa shape index (κ3) is 5.96. The molecule has 0 saturated carbocycles. The Bertz CT molecular complexity index is 1570. The van der Waals surface area contributed by atoms with E-state index in [0.717, 1.165) is 4.70 Å². The molecule has 5 rings (SSSR count). The minimum atomic E-state index is -3.88. The number of carbonyl (C=O) groups is 1. The molecule has 0 atom stereocenters. The molecule has 0 aliphatic carbocycles. The number of anilines is 3. The van der Waals surface area contributed by atoms with Gasteiger partial charge in [-0.1, -0.05) is 17.4 Å². The van der Waals surface area contributed by atoms with Crippen LogP contribution in [0.3, 0.4) is 0 Å². The summed E-state index contributed by atoms with van der Waals surface area (Å²) in [6.45, 7) is 3.21. The average molecular weight is 569 g/mol. The van der Waals surface area contributed by atoms with Gasteiger partial charge in [-0.15, -0.1) is 0 Å². The number of para-hydroxylation sites is 1. The van der Waals surface area contributed by atoms with Crippen LogP contribution in [0.15, 0.2) is 65.7 Å². The molecule has 2 aromatic carbocycles. The summed E-state index contributed by atoms with van der Waals surface area (Å²) in [6.07, 6.45) is 1.59. The number of aliphatic hydroxyl groups excluding tert-OH is 1. The van der Waals surface area contributed by atoms with Crippen molar-refractivity contribution in [2.75, 3.05) is 56.5 Å². The molecule has 0 unspecified atom stereocenters. The first-order valence-corrected chi connectivity index (χ1v) is 14.6. The lowest BCUT2D eigenvalue weighted by atomic mass is 10.2. The third-order valence-corrected chi connectivity index (χ3v) is 8.78. The van der Waals surface area contributed by atoms with Crippen LogP contribution in [0.2, 0.25) is 0 Å². The van der Waals surface area contributed by atoms with Gasteiger partial charge in [-0.05, 0) is 48.5 Å². The number of aromatic nitrogens is 2. The Kier molecular flexibility index (Phi) is 7.93. The minimum absolute atomic E-state index is 0.0670. The first-order chi connectivity index (χ1) is 18.9. The second kappa shape index (κ2) is 11.5. The molecule has 0 spiro atoms. The van der Waals surface area contributed by atoms with Gasteiger partial charge in [0.15, 0.2) is 5.13 Å². The van der Waals surface area contributed by atoms with E-state index in [0.29, 0.717) is 61.1 Å². The monoisotopic (exact) mass is 568 g/mol. The van der Waals surface area contributed by atoms with Gasteiger partial charge in [0.2, 0.25) is 0 Å². The Morgan fingerprint density at radius 2 is 1.85 bits per heavy atom. The zero-order chi connectivity index (χ0) is 27.4. The molecule has 4 aromatic rings. The molecule has 0 radical (unpaired) electrons. The van der Waals surface area contributed by atoms with E-state index in [-0.39, 0.29) is 22.5 Å². The number of amides is 1. The second-order valence-electron chi connectivity index (χ2n) is 8.84. The Morgan fingerprint density at radius 1 is 1.08 bits per heavy atom. The molecule has 0 bridgehead atoms. The fraction of sp³-hybridized carbons (Fsp3) is 0.269. The second-order valence-corrected chi connectivity index (χ2v) is 11.6. The number of ether oxygens (including phenoxy) is 1. The molecule has 3 N–H and O–H groups in total. The topological polar surface area (TPSA) is 137 Å². The maximum atomic E-state index is 13.2. The number of rotatable bonds is 9. The number of carbonyl (C=O) groups excluding carboxylic acids is 1. The Labute approximate surface area is 230 Å². The van der Waals surface area contributed by atoms with Crippen LogP contribution in [-0.4, -0.2) is 85.6 Å². The van der Waals surface area contributed by atoms with Crippen LogP contribution >= 0.6 is 11.3 Å². The number of hydrogen-bond acceptors (Lipinski definition) is 10. The van der Waals surface area contributed by atoms with E-state index in [9.17, 15) is 13.2 Å². The maximum absolute atomic E-state index is 13.2. The van der Waals surface area contributed by atoms with E-state index in [4.69, 9.17) is 9.84 Å². The van der Waals surface area contributed by atoms with Crippen LogP contribution in [0.1, 0.15) is 10.4 Å². The Balaban J connectivity index is 1.28. The summed E-state index contributed by atoms with van der Waals surface area (Å²) >= 11 is 1.22. The van der Waals surface area contributed by atoms with Crippen molar-refractivity contribution < 1.29 is 23.1 Å². The predicted molar refractivity (Wildman–Crippen MR) is 150 cm³/mol. The minimum Gasteiger partial charge on any atom is -0.494 e. The van der Waals surface area contributed by atoms with Crippen molar-refractivity contribution in [2.45, 2.75) is 4.90 Å². The highest BCUT2D eigenvalue weighted by molar-refractivity contribution is 7.93. The van der Waals surface area contributed by atoms with E-state index in [2.05, 4.69) is 24.9 Å². The SMILES string of the molecule is COc1cccc2sc(NS(=O)(=O)c3ccc(Nc4ncccc4C(=O)N4CCN(CCO)CC4)cc3)nc12. The van der Waals surface area contributed by atoms with Crippen LogP contribution in [0.5, 0.6) is 5.75 Å². The molecule has 3 heterocycles. The van der Waals surface area contributed by atoms with Gasteiger partial charge in [0.25, 0.3) is 15.9 Å². The molecule has 1 amide bonds. The quantitative estimate of drug-likeness (QED) is 0.278. The Morgan fingerprint density at radius 3 is 2.56 bits per heavy atom. The normalized spacial score (nSPS) is 14.4. The van der Waals surface area contributed by atoms with Gasteiger partial charge >= 0.3 is 0 Å². The highest BCUT2D eigenvalue weighted by atomic mass is 32.2. The number of fused-ring (bicyclic) bond motifs is 1. The van der Waals surface area contributed by atoms with Gasteiger partial charge in [-0.2, -0.15) is 0 Å². The third-order valence-electron chi connectivity index (χ3n) is 6.36. The number of hydrogen-bond donors (Lipinski definition) is 3. The van der Waals surface area contributed by atoms with E-state index in [1.54, 1.807) is 48.5 Å². The molecule has 1 aliphatic rings. The molecule has 1 saturated heterocycles. The summed E-state index contributed by atoms with van der Waals surface area (Å²) in [5.74, 6) is 0.823. The zero-order valence-corrected chi connectivity index (χ0v) is 22.8. The first-order valence-electron chi connectivity index (χ1n) is 12.3. The standard InChI is InChI=1S/C26H28N6O5S2/c1-37-21-5-2-6-22-23(21)29-26(38-22)30-39(35,36)19-9-7-18(8-10-19)28-24-20(4-3-11-27-24)25(34)32-14-12-31(13-15-32)16-17-33/h2-11,33H,12-17H2,1H3,(H,27,28)(H,29,30). The van der Waals surface area contributed by atoms with E-state index in [1.807, 2.05) is 12.1 Å². The van der Waals surface area contributed by atoms with Gasteiger partial charge in [-0.3, -0.25) is 14.4 Å². The smallest absolute Gasteiger partial charge is 0.263 e. The molecule has 11 nitrogen and oxygen atoms in total. The number of pyridine rings is 1.